The molecule has 0 saturated carbocycles. The first kappa shape index (κ1) is 18.0. The van der Waals surface area contributed by atoms with E-state index in [-0.39, 0.29) is 11.1 Å². The molecule has 0 aliphatic carbocycles. The van der Waals surface area contributed by atoms with E-state index in [1.807, 2.05) is 0 Å². The van der Waals surface area contributed by atoms with Gasteiger partial charge in [-0.1, -0.05) is 0 Å². The van der Waals surface area contributed by atoms with Crippen LogP contribution in [0.1, 0.15) is 40.2 Å². The number of nitrogens with zero attached hydrogens (tertiary/aromatic N) is 2. The Kier molecular flexibility index (Phi) is 4.40. The van der Waals surface area contributed by atoms with Crippen molar-refractivity contribution in [1.29, 1.82) is 0 Å². The molecule has 4 nitrogen and oxygen atoms in total. The molecule has 0 N–H and O–H groups in total. The first-order chi connectivity index (χ1) is 10.3. The Morgan fingerprint density at radius 1 is 1.22 bits per heavy atom. The van der Waals surface area contributed by atoms with Gasteiger partial charge in [0.1, 0.15) is 12.3 Å². The molecule has 1 aromatic rings. The van der Waals surface area contributed by atoms with E-state index in [4.69, 9.17) is 9.31 Å². The fourth-order valence-electron chi connectivity index (χ4n) is 2.09. The van der Waals surface area contributed by atoms with E-state index in [0.717, 1.165) is 10.9 Å². The maximum Gasteiger partial charge on any atom is 0.525 e. The molecule has 128 valence electrons. The number of hydrogen-bond acceptors (Lipinski definition) is 3. The summed E-state index contributed by atoms with van der Waals surface area (Å²) in [5, 5.41) is 3.60. The third-order valence-corrected chi connectivity index (χ3v) is 4.23. The van der Waals surface area contributed by atoms with Gasteiger partial charge in [-0.15, -0.1) is 0 Å². The molecule has 9 heteroatoms. The summed E-state index contributed by atoms with van der Waals surface area (Å²) in [6.07, 6.45) is -2.05. The van der Waals surface area contributed by atoms with Crippen LogP contribution in [-0.2, 0) is 15.9 Å². The van der Waals surface area contributed by atoms with Crippen molar-refractivity contribution >= 4 is 12.7 Å². The van der Waals surface area contributed by atoms with Crippen LogP contribution in [0.5, 0.6) is 0 Å². The number of alkyl halides is 3. The third-order valence-electron chi connectivity index (χ3n) is 4.23. The Morgan fingerprint density at radius 3 is 2.22 bits per heavy atom. The van der Waals surface area contributed by atoms with Crippen LogP contribution in [0.15, 0.2) is 18.1 Å². The highest BCUT2D eigenvalue weighted by molar-refractivity contribution is 6.55. The van der Waals surface area contributed by atoms with Crippen molar-refractivity contribution in [3.63, 3.8) is 0 Å². The summed E-state index contributed by atoms with van der Waals surface area (Å²) in [6, 6.07) is 0. The van der Waals surface area contributed by atoms with Gasteiger partial charge in [-0.25, -0.2) is 4.39 Å². The Hall–Kier alpha value is -1.35. The van der Waals surface area contributed by atoms with Gasteiger partial charge in [0.15, 0.2) is 0 Å². The summed E-state index contributed by atoms with van der Waals surface area (Å²) >= 11 is 0. The molecule has 1 saturated heterocycles. The SMILES string of the molecule is CC(=C(F)B1OC(C)(C)C(C)(C)O1)c1cnn(CC(F)(F)F)c1. The molecule has 2 heterocycles. The minimum absolute atomic E-state index is 0.136. The van der Waals surface area contributed by atoms with Gasteiger partial charge in [-0.3, -0.25) is 4.68 Å². The highest BCUT2D eigenvalue weighted by Gasteiger charge is 2.53. The molecule has 23 heavy (non-hydrogen) atoms. The van der Waals surface area contributed by atoms with E-state index in [1.165, 1.54) is 13.1 Å². The van der Waals surface area contributed by atoms with Crippen molar-refractivity contribution in [2.45, 2.75) is 58.5 Å². The number of rotatable bonds is 3. The van der Waals surface area contributed by atoms with Crippen LogP contribution in [0, 0.1) is 0 Å². The van der Waals surface area contributed by atoms with Gasteiger partial charge in [0.05, 0.1) is 17.4 Å². The predicted octanol–water partition coefficient (Wildman–Crippen LogP) is 3.78. The van der Waals surface area contributed by atoms with Gasteiger partial charge in [-0.2, -0.15) is 18.3 Å². The maximum atomic E-state index is 14.6. The summed E-state index contributed by atoms with van der Waals surface area (Å²) < 4.78 is 63.5. The first-order valence-corrected chi connectivity index (χ1v) is 7.14. The molecular formula is C14H19BF4N2O2. The molecule has 0 unspecified atom stereocenters. The summed E-state index contributed by atoms with van der Waals surface area (Å²) in [7, 11) is -1.19. The molecule has 2 rings (SSSR count). The maximum absolute atomic E-state index is 14.6. The van der Waals surface area contributed by atoms with E-state index in [9.17, 15) is 17.6 Å². The lowest BCUT2D eigenvalue weighted by atomic mass is 9.84. The molecule has 0 radical (unpaired) electrons. The Morgan fingerprint density at radius 2 is 1.74 bits per heavy atom. The van der Waals surface area contributed by atoms with Gasteiger partial charge < -0.3 is 9.31 Å². The van der Waals surface area contributed by atoms with Crippen molar-refractivity contribution in [2.75, 3.05) is 0 Å². The number of halogens is 4. The smallest absolute Gasteiger partial charge is 0.398 e. The van der Waals surface area contributed by atoms with Crippen LogP contribution < -0.4 is 0 Å². The van der Waals surface area contributed by atoms with E-state index in [1.54, 1.807) is 27.7 Å². The zero-order chi connectivity index (χ0) is 17.6. The summed E-state index contributed by atoms with van der Waals surface area (Å²) in [4.78, 5) is 0. The second-order valence-electron chi connectivity index (χ2n) is 6.60. The van der Waals surface area contributed by atoms with Gasteiger partial charge in [0.25, 0.3) is 0 Å². The lowest BCUT2D eigenvalue weighted by molar-refractivity contribution is -0.142. The predicted molar refractivity (Wildman–Crippen MR) is 78.1 cm³/mol. The molecular weight excluding hydrogens is 315 g/mol. The van der Waals surface area contributed by atoms with Crippen LogP contribution in [-0.4, -0.2) is 34.3 Å². The molecule has 0 aromatic carbocycles. The van der Waals surface area contributed by atoms with E-state index >= 15 is 0 Å². The van der Waals surface area contributed by atoms with Crippen molar-refractivity contribution in [1.82, 2.24) is 9.78 Å². The molecule has 0 amide bonds. The Balaban J connectivity index is 2.22. The second-order valence-corrected chi connectivity index (χ2v) is 6.60. The summed E-state index contributed by atoms with van der Waals surface area (Å²) in [6.45, 7) is 7.38. The third kappa shape index (κ3) is 3.77. The topological polar surface area (TPSA) is 36.3 Å². The molecule has 1 fully saturated rings. The standard InChI is InChI=1S/C14H19BF4N2O2/c1-9(10-6-20-21(7-10)8-14(17,18)19)11(16)15-22-12(2,3)13(4,5)23-15/h6-7H,8H2,1-5H3. The van der Waals surface area contributed by atoms with Gasteiger partial charge >= 0.3 is 13.3 Å². The minimum Gasteiger partial charge on any atom is -0.398 e. The summed E-state index contributed by atoms with van der Waals surface area (Å²) in [5.74, 6) is 0. The second kappa shape index (κ2) is 5.63. The highest BCUT2D eigenvalue weighted by atomic mass is 19.4. The zero-order valence-corrected chi connectivity index (χ0v) is 13.7. The van der Waals surface area contributed by atoms with Crippen molar-refractivity contribution < 1.29 is 26.9 Å². The molecule has 0 atom stereocenters. The zero-order valence-electron chi connectivity index (χ0n) is 13.7. The molecule has 1 aromatic heterocycles. The number of hydrogen-bond donors (Lipinski definition) is 0. The van der Waals surface area contributed by atoms with Crippen LogP contribution >= 0.6 is 0 Å². The lowest BCUT2D eigenvalue weighted by Gasteiger charge is -2.32. The summed E-state index contributed by atoms with van der Waals surface area (Å²) in [5.41, 5.74) is -1.68. The quantitative estimate of drug-likeness (QED) is 0.624. The fourth-order valence-corrected chi connectivity index (χ4v) is 2.09. The van der Waals surface area contributed by atoms with Gasteiger partial charge in [0.2, 0.25) is 0 Å². The fraction of sp³-hybridized carbons (Fsp3) is 0.643. The van der Waals surface area contributed by atoms with E-state index in [2.05, 4.69) is 5.10 Å². The van der Waals surface area contributed by atoms with Crippen molar-refractivity contribution in [3.05, 3.63) is 23.7 Å². The Bertz CT molecular complexity index is 607. The monoisotopic (exact) mass is 334 g/mol. The average Bonchev–Trinajstić information content (AvgIpc) is 2.89. The number of allylic oxidation sites excluding steroid dienone is 1. The van der Waals surface area contributed by atoms with E-state index in [0.29, 0.717) is 0 Å². The molecule has 1 aliphatic rings. The van der Waals surface area contributed by atoms with Crippen LogP contribution in [0.25, 0.3) is 5.57 Å². The highest BCUT2D eigenvalue weighted by Crippen LogP contribution is 2.40. The van der Waals surface area contributed by atoms with Crippen LogP contribution in [0.2, 0.25) is 0 Å². The van der Waals surface area contributed by atoms with Crippen LogP contribution in [0.3, 0.4) is 0 Å². The molecule has 0 spiro atoms. The van der Waals surface area contributed by atoms with Crippen molar-refractivity contribution in [2.24, 2.45) is 0 Å². The first-order valence-electron chi connectivity index (χ1n) is 7.14. The van der Waals surface area contributed by atoms with Gasteiger partial charge in [0, 0.05) is 11.8 Å². The minimum atomic E-state index is -4.38. The lowest BCUT2D eigenvalue weighted by Crippen LogP contribution is -2.41. The molecule has 0 bridgehead atoms. The Labute approximate surface area is 132 Å². The van der Waals surface area contributed by atoms with Gasteiger partial charge in [-0.05, 0) is 40.2 Å². The largest absolute Gasteiger partial charge is 0.525 e. The number of aromatic nitrogens is 2. The molecule has 1 aliphatic heterocycles. The normalized spacial score (nSPS) is 21.5. The van der Waals surface area contributed by atoms with Crippen LogP contribution in [0.4, 0.5) is 17.6 Å². The average molecular weight is 334 g/mol. The van der Waals surface area contributed by atoms with E-state index < -0.39 is 36.8 Å². The van der Waals surface area contributed by atoms with Crippen molar-refractivity contribution in [3.8, 4) is 0 Å².